The molecule has 19 heavy (non-hydrogen) atoms. The molecule has 5 nitrogen and oxygen atoms in total. The molecule has 3 rings (SSSR count). The second-order valence-electron chi connectivity index (χ2n) is 6.07. The number of aromatic nitrogens is 2. The van der Waals surface area contributed by atoms with E-state index in [2.05, 4.69) is 27.3 Å². The van der Waals surface area contributed by atoms with Gasteiger partial charge >= 0.3 is 0 Å². The average molecular weight is 264 g/mol. The van der Waals surface area contributed by atoms with E-state index in [0.29, 0.717) is 11.6 Å². The molecule has 1 aliphatic carbocycles. The second-order valence-corrected chi connectivity index (χ2v) is 6.07. The number of piperazine rings is 1. The molecule has 0 radical (unpaired) electrons. The van der Waals surface area contributed by atoms with Gasteiger partial charge in [0.1, 0.15) is 0 Å². The molecule has 1 saturated carbocycles. The van der Waals surface area contributed by atoms with Crippen LogP contribution >= 0.6 is 0 Å². The van der Waals surface area contributed by atoms with Crippen LogP contribution in [0.3, 0.4) is 0 Å². The topological polar surface area (TPSA) is 54.2 Å². The van der Waals surface area contributed by atoms with Crippen LogP contribution < -0.4 is 5.32 Å². The highest BCUT2D eigenvalue weighted by Gasteiger charge is 2.40. The van der Waals surface area contributed by atoms with Crippen LogP contribution in [0.5, 0.6) is 0 Å². The highest BCUT2D eigenvalue weighted by atomic mass is 16.5. The van der Waals surface area contributed by atoms with Crippen molar-refractivity contribution in [3.63, 3.8) is 0 Å². The smallest absolute Gasteiger partial charge is 0.240 e. The maximum Gasteiger partial charge on any atom is 0.240 e. The molecule has 0 aromatic carbocycles. The molecule has 1 aromatic rings. The van der Waals surface area contributed by atoms with Gasteiger partial charge in [-0.05, 0) is 26.2 Å². The van der Waals surface area contributed by atoms with Gasteiger partial charge in [0.2, 0.25) is 5.89 Å². The van der Waals surface area contributed by atoms with Gasteiger partial charge in [0.25, 0.3) is 0 Å². The third-order valence-corrected chi connectivity index (χ3v) is 4.67. The fourth-order valence-electron chi connectivity index (χ4n) is 3.59. The molecule has 2 heterocycles. The Kier molecular flexibility index (Phi) is 3.58. The number of nitrogens with one attached hydrogen (secondary N) is 1. The van der Waals surface area contributed by atoms with Crippen molar-refractivity contribution in [2.45, 2.75) is 64.1 Å². The summed E-state index contributed by atoms with van der Waals surface area (Å²) >= 11 is 0. The average Bonchev–Trinajstić information content (AvgIpc) is 3.00. The van der Waals surface area contributed by atoms with Crippen LogP contribution in [0.2, 0.25) is 0 Å². The van der Waals surface area contributed by atoms with Crippen LogP contribution in [-0.2, 0) is 6.54 Å². The van der Waals surface area contributed by atoms with E-state index in [1.54, 1.807) is 0 Å². The van der Waals surface area contributed by atoms with Crippen molar-refractivity contribution < 1.29 is 4.52 Å². The van der Waals surface area contributed by atoms with Gasteiger partial charge in [0, 0.05) is 24.7 Å². The minimum Gasteiger partial charge on any atom is -0.338 e. The van der Waals surface area contributed by atoms with Crippen molar-refractivity contribution in [2.24, 2.45) is 0 Å². The van der Waals surface area contributed by atoms with Crippen molar-refractivity contribution in [3.05, 3.63) is 11.7 Å². The first-order chi connectivity index (χ1) is 9.21. The highest BCUT2D eigenvalue weighted by molar-refractivity contribution is 5.01. The maximum atomic E-state index is 5.29. The van der Waals surface area contributed by atoms with E-state index in [4.69, 9.17) is 4.52 Å². The summed E-state index contributed by atoms with van der Waals surface area (Å²) < 4.78 is 5.29. The molecule has 0 amide bonds. The van der Waals surface area contributed by atoms with Gasteiger partial charge < -0.3 is 9.84 Å². The lowest BCUT2D eigenvalue weighted by atomic mass is 9.91. The molecule has 1 N–H and O–H groups in total. The Morgan fingerprint density at radius 3 is 2.84 bits per heavy atom. The molecule has 2 fully saturated rings. The van der Waals surface area contributed by atoms with Gasteiger partial charge in [-0.3, -0.25) is 4.90 Å². The number of rotatable bonds is 3. The van der Waals surface area contributed by atoms with E-state index in [1.807, 2.05) is 6.92 Å². The Hall–Kier alpha value is -0.940. The van der Waals surface area contributed by atoms with Gasteiger partial charge in [0.15, 0.2) is 5.82 Å². The summed E-state index contributed by atoms with van der Waals surface area (Å²) in [6, 6.07) is 0.582. The maximum absolute atomic E-state index is 5.29. The Labute approximate surface area is 114 Å². The van der Waals surface area contributed by atoms with Gasteiger partial charge in [-0.1, -0.05) is 24.9 Å². The third-order valence-electron chi connectivity index (χ3n) is 4.67. The Balaban J connectivity index is 1.71. The van der Waals surface area contributed by atoms with Crippen LogP contribution in [0.1, 0.15) is 50.7 Å². The SMILES string of the molecule is CCC1CNC2(CCCC2)CN1Cc1nc(C)no1. The molecule has 106 valence electrons. The van der Waals surface area contributed by atoms with Crippen LogP contribution in [0.25, 0.3) is 0 Å². The van der Waals surface area contributed by atoms with Gasteiger partial charge in [-0.2, -0.15) is 4.98 Å². The van der Waals surface area contributed by atoms with Gasteiger partial charge in [-0.25, -0.2) is 0 Å². The van der Waals surface area contributed by atoms with Crippen molar-refractivity contribution in [1.29, 1.82) is 0 Å². The van der Waals surface area contributed by atoms with E-state index >= 15 is 0 Å². The van der Waals surface area contributed by atoms with Crippen molar-refractivity contribution in [2.75, 3.05) is 13.1 Å². The fourth-order valence-corrected chi connectivity index (χ4v) is 3.59. The van der Waals surface area contributed by atoms with E-state index in [1.165, 1.54) is 25.7 Å². The number of aryl methyl sites for hydroxylation is 1. The number of nitrogens with zero attached hydrogens (tertiary/aromatic N) is 3. The first kappa shape index (κ1) is 13.1. The molecular formula is C14H24N4O. The molecule has 2 aliphatic rings. The summed E-state index contributed by atoms with van der Waals surface area (Å²) in [5.41, 5.74) is 0.348. The summed E-state index contributed by atoms with van der Waals surface area (Å²) in [6.45, 7) is 7.13. The van der Waals surface area contributed by atoms with Crippen LogP contribution in [0.4, 0.5) is 0 Å². The lowest BCUT2D eigenvalue weighted by Crippen LogP contribution is -2.62. The summed E-state index contributed by atoms with van der Waals surface area (Å²) in [6.07, 6.45) is 6.50. The summed E-state index contributed by atoms with van der Waals surface area (Å²) in [5, 5.41) is 7.70. The van der Waals surface area contributed by atoms with Gasteiger partial charge in [0.05, 0.1) is 6.54 Å². The van der Waals surface area contributed by atoms with E-state index in [0.717, 1.165) is 37.8 Å². The van der Waals surface area contributed by atoms with E-state index in [-0.39, 0.29) is 0 Å². The van der Waals surface area contributed by atoms with Crippen molar-refractivity contribution in [1.82, 2.24) is 20.4 Å². The first-order valence-electron chi connectivity index (χ1n) is 7.49. The quantitative estimate of drug-likeness (QED) is 0.903. The minimum absolute atomic E-state index is 0.348. The Bertz CT molecular complexity index is 425. The second kappa shape index (κ2) is 5.21. The molecule has 1 atom stereocenters. The number of hydrogen-bond donors (Lipinski definition) is 1. The molecule has 1 aromatic heterocycles. The minimum atomic E-state index is 0.348. The normalized spacial score (nSPS) is 27.2. The summed E-state index contributed by atoms with van der Waals surface area (Å²) in [4.78, 5) is 6.89. The standard InChI is InChI=1S/C14H24N4O/c1-3-12-8-15-14(6-4-5-7-14)10-18(12)9-13-16-11(2)17-19-13/h12,15H,3-10H2,1-2H3. The zero-order chi connectivity index (χ0) is 13.3. The van der Waals surface area contributed by atoms with Crippen LogP contribution in [0, 0.1) is 6.92 Å². The number of hydrogen-bond acceptors (Lipinski definition) is 5. The third kappa shape index (κ3) is 2.67. The molecular weight excluding hydrogens is 240 g/mol. The molecule has 0 bridgehead atoms. The lowest BCUT2D eigenvalue weighted by molar-refractivity contribution is 0.0627. The molecule has 1 aliphatic heterocycles. The van der Waals surface area contributed by atoms with E-state index < -0.39 is 0 Å². The Morgan fingerprint density at radius 1 is 1.42 bits per heavy atom. The monoisotopic (exact) mass is 264 g/mol. The lowest BCUT2D eigenvalue weighted by Gasteiger charge is -2.45. The molecule has 1 unspecified atom stereocenters. The van der Waals surface area contributed by atoms with E-state index in [9.17, 15) is 0 Å². The highest BCUT2D eigenvalue weighted by Crippen LogP contribution is 2.34. The van der Waals surface area contributed by atoms with Crippen molar-refractivity contribution in [3.8, 4) is 0 Å². The summed E-state index contributed by atoms with van der Waals surface area (Å²) in [5.74, 6) is 1.49. The molecule has 1 saturated heterocycles. The predicted molar refractivity (Wildman–Crippen MR) is 72.7 cm³/mol. The molecule has 1 spiro atoms. The molecule has 5 heteroatoms. The van der Waals surface area contributed by atoms with Gasteiger partial charge in [-0.15, -0.1) is 0 Å². The fraction of sp³-hybridized carbons (Fsp3) is 0.857. The zero-order valence-corrected chi connectivity index (χ0v) is 12.0. The van der Waals surface area contributed by atoms with Crippen molar-refractivity contribution >= 4 is 0 Å². The predicted octanol–water partition coefficient (Wildman–Crippen LogP) is 1.87. The van der Waals surface area contributed by atoms with Crippen LogP contribution in [-0.4, -0.2) is 39.7 Å². The summed E-state index contributed by atoms with van der Waals surface area (Å²) in [7, 11) is 0. The largest absolute Gasteiger partial charge is 0.338 e. The first-order valence-corrected chi connectivity index (χ1v) is 7.49. The zero-order valence-electron chi connectivity index (χ0n) is 12.0. The Morgan fingerprint density at radius 2 is 2.21 bits per heavy atom. The van der Waals surface area contributed by atoms with Crippen LogP contribution in [0.15, 0.2) is 4.52 Å².